The number of hydrogen-bond donors (Lipinski definition) is 6. The normalized spacial score (nSPS) is 23.8. The number of nitrogens with zero attached hydrogens (tertiary/aromatic N) is 2. The first-order valence-corrected chi connectivity index (χ1v) is 13.9. The molecule has 1 aliphatic heterocycles. The monoisotopic (exact) mass is 544 g/mol. The number of phosphoric acid groups is 1. The molecule has 1 rings (SSSR count). The molecule has 5 atom stereocenters. The molecule has 13 nitrogen and oxygen atoms in total. The van der Waals surface area contributed by atoms with E-state index >= 15 is 0 Å². The Morgan fingerprint density at radius 2 is 1.19 bits per heavy atom. The summed E-state index contributed by atoms with van der Waals surface area (Å²) in [4.78, 5) is 45.0. The van der Waals surface area contributed by atoms with E-state index in [1.54, 1.807) is 0 Å². The van der Waals surface area contributed by atoms with E-state index in [1.165, 1.54) is 39.3 Å². The third kappa shape index (κ3) is 15.9. The molecule has 0 aromatic heterocycles. The van der Waals surface area contributed by atoms with Crippen LogP contribution in [-0.4, -0.2) is 118 Å². The van der Waals surface area contributed by atoms with E-state index in [-0.39, 0.29) is 0 Å². The molecule has 14 heteroatoms. The largest absolute Gasteiger partial charge is 0.472 e. The van der Waals surface area contributed by atoms with Crippen LogP contribution in [0.5, 0.6) is 0 Å². The molecule has 0 unspecified atom stereocenters. The molecule has 216 valence electrons. The summed E-state index contributed by atoms with van der Waals surface area (Å²) in [5.74, 6) is -1.16. The minimum Gasteiger partial charge on any atom is -0.394 e. The molecular formula is C22H49N4O9P. The van der Waals surface area contributed by atoms with E-state index in [2.05, 4.69) is 66.5 Å². The fourth-order valence-electron chi connectivity index (χ4n) is 3.47. The van der Waals surface area contributed by atoms with E-state index in [1.807, 2.05) is 0 Å². The topological polar surface area (TPSA) is 181 Å². The van der Waals surface area contributed by atoms with Gasteiger partial charge in [0, 0.05) is 13.8 Å². The van der Waals surface area contributed by atoms with Crippen LogP contribution >= 0.6 is 7.82 Å². The third-order valence-corrected chi connectivity index (χ3v) is 6.06. The van der Waals surface area contributed by atoms with Crippen LogP contribution in [0.15, 0.2) is 0 Å². The number of aliphatic hydroxyl groups excluding tert-OH is 2. The lowest BCUT2D eigenvalue weighted by Crippen LogP contribution is -2.69. The summed E-state index contributed by atoms with van der Waals surface area (Å²) < 4.78 is 20.5. The summed E-state index contributed by atoms with van der Waals surface area (Å²) >= 11 is 0. The van der Waals surface area contributed by atoms with E-state index < -0.39 is 56.8 Å². The Bertz CT molecular complexity index is 622. The van der Waals surface area contributed by atoms with Gasteiger partial charge in [0.1, 0.15) is 18.2 Å². The van der Waals surface area contributed by atoms with Gasteiger partial charge >= 0.3 is 7.82 Å². The van der Waals surface area contributed by atoms with Crippen LogP contribution in [0.25, 0.3) is 0 Å². The highest BCUT2D eigenvalue weighted by molar-refractivity contribution is 7.46. The molecule has 0 radical (unpaired) electrons. The molecule has 1 fully saturated rings. The van der Waals surface area contributed by atoms with E-state index in [0.29, 0.717) is 0 Å². The Balaban J connectivity index is 0. The van der Waals surface area contributed by atoms with Gasteiger partial charge in [-0.3, -0.25) is 14.1 Å². The van der Waals surface area contributed by atoms with Gasteiger partial charge in [0.2, 0.25) is 11.8 Å². The first kappa shape index (κ1) is 37.0. The van der Waals surface area contributed by atoms with Crippen LogP contribution in [-0.2, 0) is 23.4 Å². The average molecular weight is 545 g/mol. The number of aliphatic hydroxyl groups is 2. The van der Waals surface area contributed by atoms with Gasteiger partial charge in [0.25, 0.3) is 0 Å². The zero-order chi connectivity index (χ0) is 28.5. The smallest absolute Gasteiger partial charge is 0.394 e. The van der Waals surface area contributed by atoms with E-state index in [0.717, 1.165) is 13.8 Å². The summed E-state index contributed by atoms with van der Waals surface area (Å²) in [5.41, 5.74) is 0. The molecule has 0 spiro atoms. The Kier molecular flexibility index (Phi) is 20.4. The van der Waals surface area contributed by atoms with Gasteiger partial charge in [0.15, 0.2) is 6.29 Å². The highest BCUT2D eigenvalue weighted by Crippen LogP contribution is 2.40. The average Bonchev–Trinajstić information content (AvgIpc) is 2.80. The van der Waals surface area contributed by atoms with Crippen molar-refractivity contribution in [3.63, 3.8) is 0 Å². The second-order valence-corrected chi connectivity index (χ2v) is 9.20. The predicted octanol–water partition coefficient (Wildman–Crippen LogP) is -0.121. The Morgan fingerprint density at radius 3 is 1.44 bits per heavy atom. The van der Waals surface area contributed by atoms with Crippen LogP contribution in [0.2, 0.25) is 0 Å². The summed E-state index contributed by atoms with van der Waals surface area (Å²) in [6, 6.07) is -2.45. The zero-order valence-corrected chi connectivity index (χ0v) is 23.9. The fourth-order valence-corrected chi connectivity index (χ4v) is 3.92. The van der Waals surface area contributed by atoms with Crippen molar-refractivity contribution >= 4 is 19.6 Å². The van der Waals surface area contributed by atoms with Gasteiger partial charge in [-0.2, -0.15) is 0 Å². The van der Waals surface area contributed by atoms with Gasteiger partial charge in [-0.15, -0.1) is 0 Å². The van der Waals surface area contributed by atoms with Crippen LogP contribution in [0.1, 0.15) is 55.4 Å². The lowest BCUT2D eigenvalue weighted by molar-refractivity contribution is -0.224. The van der Waals surface area contributed by atoms with Crippen molar-refractivity contribution in [3.05, 3.63) is 0 Å². The van der Waals surface area contributed by atoms with Gasteiger partial charge in [-0.05, 0) is 39.3 Å². The Hall–Kier alpha value is -1.15. The molecule has 0 bridgehead atoms. The van der Waals surface area contributed by atoms with Crippen molar-refractivity contribution in [1.82, 2.24) is 20.4 Å². The van der Waals surface area contributed by atoms with Crippen molar-refractivity contribution < 1.29 is 43.4 Å². The van der Waals surface area contributed by atoms with Gasteiger partial charge in [-0.25, -0.2) is 4.57 Å². The molecule has 0 aromatic rings. The molecule has 1 aliphatic rings. The van der Waals surface area contributed by atoms with Crippen LogP contribution < -0.4 is 10.6 Å². The fraction of sp³-hybridized carbons (Fsp3) is 0.909. The van der Waals surface area contributed by atoms with E-state index in [4.69, 9.17) is 19.6 Å². The van der Waals surface area contributed by atoms with Crippen LogP contribution in [0, 0.1) is 0 Å². The Labute approximate surface area is 215 Å². The number of amides is 2. The third-order valence-electron chi connectivity index (χ3n) is 5.58. The summed E-state index contributed by atoms with van der Waals surface area (Å²) in [7, 11) is -4.98. The predicted molar refractivity (Wildman–Crippen MR) is 137 cm³/mol. The second-order valence-electron chi connectivity index (χ2n) is 8.00. The highest BCUT2D eigenvalue weighted by Gasteiger charge is 2.48. The molecular weight excluding hydrogens is 495 g/mol. The van der Waals surface area contributed by atoms with Crippen molar-refractivity contribution in [2.75, 3.05) is 45.9 Å². The van der Waals surface area contributed by atoms with Gasteiger partial charge in [-0.1, -0.05) is 41.5 Å². The number of rotatable bonds is 11. The van der Waals surface area contributed by atoms with Crippen molar-refractivity contribution in [1.29, 1.82) is 0 Å². The number of hydrogen-bond acceptors (Lipinski definition) is 9. The number of nitrogens with one attached hydrogen (secondary N) is 2. The summed E-state index contributed by atoms with van der Waals surface area (Å²) in [6.45, 7) is 21.8. The maximum Gasteiger partial charge on any atom is 0.472 e. The van der Waals surface area contributed by atoms with Gasteiger partial charge < -0.3 is 45.2 Å². The number of phosphoric ester groups is 1. The van der Waals surface area contributed by atoms with Crippen LogP contribution in [0.4, 0.5) is 0 Å². The summed E-state index contributed by atoms with van der Waals surface area (Å²) in [5, 5.41) is 23.9. The molecule has 0 aromatic carbocycles. The van der Waals surface area contributed by atoms with Crippen LogP contribution in [0.3, 0.4) is 0 Å². The van der Waals surface area contributed by atoms with Gasteiger partial charge in [0.05, 0.1) is 12.6 Å². The number of carbonyl (C=O) groups excluding carboxylic acids is 2. The minimum atomic E-state index is -4.98. The summed E-state index contributed by atoms with van der Waals surface area (Å²) in [6.07, 6.45) is -4.37. The molecule has 2 amide bonds. The van der Waals surface area contributed by atoms with Crippen molar-refractivity contribution in [2.45, 2.75) is 86.0 Å². The van der Waals surface area contributed by atoms with E-state index in [9.17, 15) is 19.3 Å². The molecule has 6 N–H and O–H groups in total. The Morgan fingerprint density at radius 1 is 0.833 bits per heavy atom. The minimum absolute atomic E-state index is 0.562. The lowest BCUT2D eigenvalue weighted by atomic mass is 9.94. The molecule has 0 saturated carbocycles. The molecule has 1 saturated heterocycles. The standard InChI is InChI=1S/C10H19N2O9P.2C6H15N/c1-4(14)11-7-8(12-5(2)15)10(21-22(17,18)19)20-6(3-13)9(7)16;2*1-4-7(5-2)6-3/h6-10,13,16H,3H2,1-2H3,(H,11,14)(H,12,15)(H2,17,18,19);2*4-6H2,1-3H3/t6-,7-,8-,9-,10-;;/m1../s1. The number of ether oxygens (including phenoxy) is 1. The number of carbonyl (C=O) groups is 2. The molecule has 36 heavy (non-hydrogen) atoms. The quantitative estimate of drug-likeness (QED) is 0.191. The lowest BCUT2D eigenvalue weighted by Gasteiger charge is -2.44. The second kappa shape index (κ2) is 19.9. The van der Waals surface area contributed by atoms with Crippen molar-refractivity contribution in [2.24, 2.45) is 0 Å². The zero-order valence-electron chi connectivity index (χ0n) is 23.0. The molecule has 0 aliphatic carbocycles. The maximum atomic E-state index is 11.3. The first-order chi connectivity index (χ1) is 16.7. The first-order valence-electron chi connectivity index (χ1n) is 12.4. The van der Waals surface area contributed by atoms with Crippen molar-refractivity contribution in [3.8, 4) is 0 Å². The molecule has 1 heterocycles. The SMILES string of the molecule is CC(=O)N[C@H]1[C@@H](OP(=O)(O)O)O[C@H](CO)[C@@H](O)[C@@H]1NC(C)=O.CCN(CC)CC.CCN(CC)CC. The maximum absolute atomic E-state index is 11.3. The highest BCUT2D eigenvalue weighted by atomic mass is 31.2.